The molecule has 2 saturated heterocycles. The van der Waals surface area contributed by atoms with Gasteiger partial charge in [0.25, 0.3) is 0 Å². The maximum atomic E-state index is 14.3. The van der Waals surface area contributed by atoms with Crippen LogP contribution in [0.25, 0.3) is 0 Å². The van der Waals surface area contributed by atoms with E-state index in [0.717, 1.165) is 42.4 Å². The van der Waals surface area contributed by atoms with Gasteiger partial charge >= 0.3 is 5.97 Å². The SMILES string of the molecule is CC(C)[Si](O[C@@H]([C@@H](C)[C@H](C[C@@H]1CC[C@@](C)([C@H]2CC[C@@](C)([C@@H](C)O[Si](C)(C)C(C)(C)C)O2)O1)OC(=O)c1ccccc1)[C@H](C)COC(c1ccccc1)(c1ccccc1)c1ccccc1)(C(C)C)C(C)C. The molecule has 0 aromatic heterocycles. The van der Waals surface area contributed by atoms with E-state index >= 15 is 0 Å². The van der Waals surface area contributed by atoms with Gasteiger partial charge in [-0.15, -0.1) is 0 Å². The van der Waals surface area contributed by atoms with E-state index in [-0.39, 0.29) is 47.3 Å². The molecule has 4 aromatic carbocycles. The van der Waals surface area contributed by atoms with Crippen LogP contribution in [0, 0.1) is 11.8 Å². The predicted molar refractivity (Wildman–Crippen MR) is 292 cm³/mol. The fraction of sp³-hybridized carbons (Fsp3) is 0.590. The zero-order valence-electron chi connectivity index (χ0n) is 45.9. The molecule has 0 N–H and O–H groups in total. The van der Waals surface area contributed by atoms with Crippen LogP contribution in [0.15, 0.2) is 121 Å². The highest BCUT2D eigenvalue weighted by atomic mass is 28.4. The maximum absolute atomic E-state index is 14.3. The molecule has 0 saturated carbocycles. The van der Waals surface area contributed by atoms with Gasteiger partial charge in [0, 0.05) is 18.3 Å². The number of hydrogen-bond donors (Lipinski definition) is 0. The maximum Gasteiger partial charge on any atom is 0.338 e. The third-order valence-electron chi connectivity index (χ3n) is 17.1. The summed E-state index contributed by atoms with van der Waals surface area (Å²) in [5.41, 5.74) is 2.92. The molecule has 7 nitrogen and oxygen atoms in total. The Morgan fingerprint density at radius 2 is 1.13 bits per heavy atom. The molecule has 0 spiro atoms. The third kappa shape index (κ3) is 12.0. The Bertz CT molecular complexity index is 2110. The second-order valence-corrected chi connectivity index (χ2v) is 34.1. The average Bonchev–Trinajstić information content (AvgIpc) is 3.93. The van der Waals surface area contributed by atoms with Crippen molar-refractivity contribution in [3.05, 3.63) is 144 Å². The number of esters is 1. The fourth-order valence-corrected chi connectivity index (χ4v) is 19.0. The average molecular weight is 992 g/mol. The number of carbonyl (C=O) groups is 1. The van der Waals surface area contributed by atoms with E-state index in [0.29, 0.717) is 35.2 Å². The molecule has 4 aromatic rings. The molecule has 2 fully saturated rings. The normalized spacial score (nSPS) is 23.6. The minimum atomic E-state index is -2.52. The van der Waals surface area contributed by atoms with E-state index in [1.165, 1.54) is 0 Å². The van der Waals surface area contributed by atoms with Gasteiger partial charge in [0.05, 0.1) is 47.8 Å². The monoisotopic (exact) mass is 991 g/mol. The van der Waals surface area contributed by atoms with Crippen LogP contribution in [-0.4, -0.2) is 70.9 Å². The van der Waals surface area contributed by atoms with Crippen molar-refractivity contribution in [1.82, 2.24) is 0 Å². The lowest BCUT2D eigenvalue weighted by Crippen LogP contribution is -2.55. The Labute approximate surface area is 426 Å². The molecule has 2 aliphatic heterocycles. The number of rotatable bonds is 22. The molecule has 0 bridgehead atoms. The molecule has 2 heterocycles. The van der Waals surface area contributed by atoms with Gasteiger partial charge in [0.15, 0.2) is 8.32 Å². The molecule has 0 unspecified atom stereocenters. The lowest BCUT2D eigenvalue weighted by Gasteiger charge is -2.48. The summed E-state index contributed by atoms with van der Waals surface area (Å²) in [6, 6.07) is 41.2. The quantitative estimate of drug-likeness (QED) is 0.0441. The smallest absolute Gasteiger partial charge is 0.338 e. The van der Waals surface area contributed by atoms with E-state index in [1.807, 2.05) is 30.3 Å². The van der Waals surface area contributed by atoms with Gasteiger partial charge in [0.1, 0.15) is 11.7 Å². The second kappa shape index (κ2) is 22.8. The molecule has 2 aliphatic rings. The van der Waals surface area contributed by atoms with Crippen LogP contribution in [0.4, 0.5) is 0 Å². The first-order valence-corrected chi connectivity index (χ1v) is 31.7. The van der Waals surface area contributed by atoms with Gasteiger partial charge in [-0.05, 0) is 110 Å². The van der Waals surface area contributed by atoms with Crippen molar-refractivity contribution < 1.29 is 32.6 Å². The van der Waals surface area contributed by atoms with E-state index in [4.69, 9.17) is 27.8 Å². The lowest BCUT2D eigenvalue weighted by atomic mass is 9.79. The van der Waals surface area contributed by atoms with Crippen LogP contribution < -0.4 is 0 Å². The van der Waals surface area contributed by atoms with Crippen LogP contribution in [0.5, 0.6) is 0 Å². The van der Waals surface area contributed by atoms with Crippen LogP contribution in [0.3, 0.4) is 0 Å². The van der Waals surface area contributed by atoms with E-state index in [1.54, 1.807) is 0 Å². The third-order valence-corrected chi connectivity index (χ3v) is 27.8. The molecule has 70 heavy (non-hydrogen) atoms. The van der Waals surface area contributed by atoms with E-state index < -0.39 is 39.5 Å². The molecule has 0 radical (unpaired) electrons. The topological polar surface area (TPSA) is 72.5 Å². The fourth-order valence-electron chi connectivity index (χ4n) is 11.8. The summed E-state index contributed by atoms with van der Waals surface area (Å²) in [5, 5.41) is 0.106. The van der Waals surface area contributed by atoms with Crippen molar-refractivity contribution in [2.75, 3.05) is 6.61 Å². The Morgan fingerprint density at radius 1 is 0.657 bits per heavy atom. The number of ether oxygens (including phenoxy) is 4. The largest absolute Gasteiger partial charge is 0.458 e. The van der Waals surface area contributed by atoms with Crippen molar-refractivity contribution in [3.63, 3.8) is 0 Å². The second-order valence-electron chi connectivity index (χ2n) is 23.9. The van der Waals surface area contributed by atoms with Crippen LogP contribution in [0.1, 0.15) is 156 Å². The lowest BCUT2D eigenvalue weighted by molar-refractivity contribution is -0.170. The molecule has 0 amide bonds. The molecule has 6 rings (SSSR count). The van der Waals surface area contributed by atoms with Gasteiger partial charge in [0.2, 0.25) is 8.32 Å². The highest BCUT2D eigenvalue weighted by Crippen LogP contribution is 2.50. The predicted octanol–water partition coefficient (Wildman–Crippen LogP) is 15.7. The molecule has 9 heteroatoms. The molecule has 0 aliphatic carbocycles. The van der Waals surface area contributed by atoms with E-state index in [9.17, 15) is 4.79 Å². The van der Waals surface area contributed by atoms with Crippen LogP contribution in [0.2, 0.25) is 34.8 Å². The minimum absolute atomic E-state index is 0.0406. The first-order valence-electron chi connectivity index (χ1n) is 26.7. The molecule has 9 atom stereocenters. The van der Waals surface area contributed by atoms with Crippen molar-refractivity contribution in [1.29, 1.82) is 0 Å². The van der Waals surface area contributed by atoms with Crippen molar-refractivity contribution in [3.8, 4) is 0 Å². The Balaban J connectivity index is 1.35. The van der Waals surface area contributed by atoms with Crippen LogP contribution in [-0.2, 0) is 33.4 Å². The highest BCUT2D eigenvalue weighted by molar-refractivity contribution is 6.77. The van der Waals surface area contributed by atoms with Gasteiger partial charge < -0.3 is 27.8 Å². The van der Waals surface area contributed by atoms with Gasteiger partial charge in [-0.3, -0.25) is 0 Å². The summed E-state index contributed by atoms with van der Waals surface area (Å²) in [4.78, 5) is 14.3. The summed E-state index contributed by atoms with van der Waals surface area (Å²) < 4.78 is 43.6. The summed E-state index contributed by atoms with van der Waals surface area (Å²) in [5.74, 6) is -0.659. The highest BCUT2D eigenvalue weighted by Gasteiger charge is 2.54. The zero-order chi connectivity index (χ0) is 51.3. The summed E-state index contributed by atoms with van der Waals surface area (Å²) >= 11 is 0. The number of benzene rings is 4. The van der Waals surface area contributed by atoms with Gasteiger partial charge in [-0.25, -0.2) is 4.79 Å². The molecular weight excluding hydrogens is 901 g/mol. The summed E-state index contributed by atoms with van der Waals surface area (Å²) in [7, 11) is -4.53. The Kier molecular flexibility index (Phi) is 18.2. The minimum Gasteiger partial charge on any atom is -0.458 e. The number of carbonyl (C=O) groups excluding carboxylic acids is 1. The van der Waals surface area contributed by atoms with Crippen LogP contribution >= 0.6 is 0 Å². The summed E-state index contributed by atoms with van der Waals surface area (Å²) in [6.07, 6.45) is 2.98. The van der Waals surface area contributed by atoms with Crippen molar-refractivity contribution in [2.24, 2.45) is 11.8 Å². The van der Waals surface area contributed by atoms with E-state index in [2.05, 4.69) is 201 Å². The molecule has 384 valence electrons. The standard InChI is InChI=1S/C61H90O7Si2/c1-43(2)70(44(3)4,45(5)6)68-56(46(7)42-63-61(50-31-23-18-24-32-50,51-33-25-19-26-34-51)52-35-27-20-28-36-52)47(8)54(64-57(62)49-29-21-17-22-30-49)41-53-37-39-60(14,65-53)55-38-40-59(13,66-55)48(9)67-69(15,16)58(10,11)12/h17-36,43-48,53-56H,37-42H2,1-16H3/t46-,47+,48-,53+,54+,55-,56-,59+,60+/m1/s1. The Hall–Kier alpha value is -3.42. The van der Waals surface area contributed by atoms with Crippen molar-refractivity contribution >= 4 is 22.6 Å². The first-order chi connectivity index (χ1) is 32.9. The Morgan fingerprint density at radius 3 is 1.59 bits per heavy atom. The zero-order valence-corrected chi connectivity index (χ0v) is 47.9. The van der Waals surface area contributed by atoms with Gasteiger partial charge in [-0.2, -0.15) is 0 Å². The molecular formula is C61H90O7Si2. The first kappa shape index (κ1) is 55.9. The van der Waals surface area contributed by atoms with Crippen molar-refractivity contribution in [2.45, 2.75) is 211 Å². The number of hydrogen-bond acceptors (Lipinski definition) is 7. The summed E-state index contributed by atoms with van der Waals surface area (Å²) in [6.45, 7) is 37.1. The van der Waals surface area contributed by atoms with Gasteiger partial charge in [-0.1, -0.05) is 185 Å².